The van der Waals surface area contributed by atoms with E-state index in [9.17, 15) is 18.0 Å². The summed E-state index contributed by atoms with van der Waals surface area (Å²) in [6, 6.07) is 5.58. The summed E-state index contributed by atoms with van der Waals surface area (Å²) in [4.78, 5) is 18.4. The van der Waals surface area contributed by atoms with Crippen molar-refractivity contribution < 1.29 is 23.1 Å². The number of anilines is 1. The molecule has 0 atom stereocenters. The van der Waals surface area contributed by atoms with Crippen LogP contribution in [0.3, 0.4) is 0 Å². The van der Waals surface area contributed by atoms with Gasteiger partial charge in [-0.05, 0) is 11.6 Å². The predicted octanol–water partition coefficient (Wildman–Crippen LogP) is 2.53. The molecule has 5 nitrogen and oxygen atoms in total. The van der Waals surface area contributed by atoms with Crippen LogP contribution >= 0.6 is 0 Å². The Balaban J connectivity index is 2.41. The molecule has 110 valence electrons. The van der Waals surface area contributed by atoms with E-state index in [0.717, 1.165) is 0 Å². The molecule has 0 amide bonds. The molecule has 3 N–H and O–H groups in total. The van der Waals surface area contributed by atoms with Gasteiger partial charge in [0.1, 0.15) is 0 Å². The third-order valence-corrected chi connectivity index (χ3v) is 2.63. The minimum Gasteiger partial charge on any atom is -0.476 e. The molecule has 21 heavy (non-hydrogen) atoms. The predicted molar refractivity (Wildman–Crippen MR) is 68.6 cm³/mol. The SMILES string of the molecule is Nc1ncc(-c2cccc(CC(F)(F)F)c2)nc1C(=O)O. The molecule has 0 aliphatic heterocycles. The maximum absolute atomic E-state index is 12.4. The molecule has 0 bridgehead atoms. The summed E-state index contributed by atoms with van der Waals surface area (Å²) in [5, 5.41) is 8.91. The van der Waals surface area contributed by atoms with Crippen molar-refractivity contribution in [3.8, 4) is 11.3 Å². The van der Waals surface area contributed by atoms with Gasteiger partial charge in [-0.3, -0.25) is 0 Å². The molecule has 2 rings (SSSR count). The number of nitrogens with zero attached hydrogens (tertiary/aromatic N) is 2. The molecule has 1 aromatic carbocycles. The monoisotopic (exact) mass is 297 g/mol. The number of carboxylic acids is 1. The second-order valence-corrected chi connectivity index (χ2v) is 4.29. The van der Waals surface area contributed by atoms with Crippen LogP contribution in [0.2, 0.25) is 0 Å². The number of alkyl halides is 3. The van der Waals surface area contributed by atoms with E-state index in [1.54, 1.807) is 0 Å². The van der Waals surface area contributed by atoms with Gasteiger partial charge in [0, 0.05) is 5.56 Å². The lowest BCUT2D eigenvalue weighted by atomic mass is 10.1. The highest BCUT2D eigenvalue weighted by Crippen LogP contribution is 2.25. The Hall–Kier alpha value is -2.64. The lowest BCUT2D eigenvalue weighted by Gasteiger charge is -2.08. The van der Waals surface area contributed by atoms with Crippen molar-refractivity contribution in [3.05, 3.63) is 41.7 Å². The highest BCUT2D eigenvalue weighted by molar-refractivity contribution is 5.90. The normalized spacial score (nSPS) is 11.4. The van der Waals surface area contributed by atoms with E-state index in [-0.39, 0.29) is 17.1 Å². The number of benzene rings is 1. The molecular formula is C13H10F3N3O2. The summed E-state index contributed by atoms with van der Waals surface area (Å²) in [7, 11) is 0. The van der Waals surface area contributed by atoms with Crippen LogP contribution in [0, 0.1) is 0 Å². The van der Waals surface area contributed by atoms with Crippen LogP contribution in [0.15, 0.2) is 30.5 Å². The van der Waals surface area contributed by atoms with Gasteiger partial charge in [0.15, 0.2) is 11.5 Å². The first-order valence-electron chi connectivity index (χ1n) is 5.78. The first-order valence-corrected chi connectivity index (χ1v) is 5.78. The highest BCUT2D eigenvalue weighted by atomic mass is 19.4. The van der Waals surface area contributed by atoms with E-state index < -0.39 is 24.3 Å². The number of aromatic nitrogens is 2. The fourth-order valence-electron chi connectivity index (χ4n) is 1.77. The Labute approximate surface area is 117 Å². The van der Waals surface area contributed by atoms with Crippen molar-refractivity contribution in [2.45, 2.75) is 12.6 Å². The Kier molecular flexibility index (Phi) is 3.79. The van der Waals surface area contributed by atoms with E-state index in [1.165, 1.54) is 30.5 Å². The summed E-state index contributed by atoms with van der Waals surface area (Å²) in [6.45, 7) is 0. The zero-order chi connectivity index (χ0) is 15.6. The minimum absolute atomic E-state index is 0.0514. The summed E-state index contributed by atoms with van der Waals surface area (Å²) in [5.41, 5.74) is 5.48. The molecule has 0 aliphatic rings. The van der Waals surface area contributed by atoms with Crippen LogP contribution in [-0.2, 0) is 6.42 Å². The standard InChI is InChI=1S/C13H10F3N3O2/c14-13(15,16)5-7-2-1-3-8(4-7)9-6-18-11(17)10(19-9)12(20)21/h1-4,6H,5H2,(H2,17,18)(H,20,21). The summed E-state index contributed by atoms with van der Waals surface area (Å²) in [5.74, 6) is -1.61. The molecular weight excluding hydrogens is 287 g/mol. The quantitative estimate of drug-likeness (QED) is 0.908. The summed E-state index contributed by atoms with van der Waals surface area (Å²) in [6.07, 6.45) is -4.18. The number of carbonyl (C=O) groups is 1. The van der Waals surface area contributed by atoms with Gasteiger partial charge in [-0.1, -0.05) is 18.2 Å². The van der Waals surface area contributed by atoms with Crippen LogP contribution in [0.1, 0.15) is 16.1 Å². The zero-order valence-electron chi connectivity index (χ0n) is 10.6. The van der Waals surface area contributed by atoms with Crippen molar-refractivity contribution in [1.29, 1.82) is 0 Å². The fraction of sp³-hybridized carbons (Fsp3) is 0.154. The van der Waals surface area contributed by atoms with Crippen molar-refractivity contribution >= 4 is 11.8 Å². The first kappa shape index (κ1) is 14.8. The largest absolute Gasteiger partial charge is 0.476 e. The van der Waals surface area contributed by atoms with Gasteiger partial charge in [-0.2, -0.15) is 13.2 Å². The van der Waals surface area contributed by atoms with Crippen LogP contribution < -0.4 is 5.73 Å². The van der Waals surface area contributed by atoms with Gasteiger partial charge in [-0.15, -0.1) is 0 Å². The number of aromatic carboxylic acids is 1. The smallest absolute Gasteiger partial charge is 0.393 e. The van der Waals surface area contributed by atoms with Gasteiger partial charge in [0.2, 0.25) is 0 Å². The Morgan fingerprint density at radius 1 is 1.33 bits per heavy atom. The molecule has 0 fully saturated rings. The third-order valence-electron chi connectivity index (χ3n) is 2.63. The molecule has 1 aromatic heterocycles. The number of rotatable bonds is 3. The minimum atomic E-state index is -4.32. The number of halogens is 3. The van der Waals surface area contributed by atoms with E-state index >= 15 is 0 Å². The van der Waals surface area contributed by atoms with Crippen LogP contribution in [0.4, 0.5) is 19.0 Å². The average Bonchev–Trinajstić information content (AvgIpc) is 2.37. The van der Waals surface area contributed by atoms with Gasteiger partial charge in [-0.25, -0.2) is 14.8 Å². The second kappa shape index (κ2) is 5.39. The number of carboxylic acid groups (broad SMARTS) is 1. The molecule has 0 unspecified atom stereocenters. The molecule has 8 heteroatoms. The van der Waals surface area contributed by atoms with Gasteiger partial charge < -0.3 is 10.8 Å². The molecule has 0 aliphatic carbocycles. The second-order valence-electron chi connectivity index (χ2n) is 4.29. The van der Waals surface area contributed by atoms with Crippen LogP contribution in [0.25, 0.3) is 11.3 Å². The molecule has 0 saturated carbocycles. The molecule has 0 spiro atoms. The number of hydrogen-bond donors (Lipinski definition) is 2. The number of hydrogen-bond acceptors (Lipinski definition) is 4. The summed E-state index contributed by atoms with van der Waals surface area (Å²) < 4.78 is 37.1. The lowest BCUT2D eigenvalue weighted by molar-refractivity contribution is -0.127. The molecule has 2 aromatic rings. The fourth-order valence-corrected chi connectivity index (χ4v) is 1.77. The Morgan fingerprint density at radius 3 is 2.67 bits per heavy atom. The van der Waals surface area contributed by atoms with Crippen molar-refractivity contribution in [2.75, 3.05) is 5.73 Å². The molecule has 0 radical (unpaired) electrons. The third kappa shape index (κ3) is 3.68. The Morgan fingerprint density at radius 2 is 2.05 bits per heavy atom. The first-order chi connectivity index (χ1) is 9.76. The van der Waals surface area contributed by atoms with Crippen molar-refractivity contribution in [2.24, 2.45) is 0 Å². The van der Waals surface area contributed by atoms with E-state index in [0.29, 0.717) is 5.56 Å². The molecule has 0 saturated heterocycles. The van der Waals surface area contributed by atoms with Crippen molar-refractivity contribution in [1.82, 2.24) is 9.97 Å². The highest BCUT2D eigenvalue weighted by Gasteiger charge is 2.27. The zero-order valence-corrected chi connectivity index (χ0v) is 10.6. The summed E-state index contributed by atoms with van der Waals surface area (Å²) >= 11 is 0. The number of nitrogens with two attached hydrogens (primary N) is 1. The van der Waals surface area contributed by atoms with E-state index in [1.807, 2.05) is 0 Å². The molecule has 1 heterocycles. The van der Waals surface area contributed by atoms with Gasteiger partial charge in [0.05, 0.1) is 18.3 Å². The van der Waals surface area contributed by atoms with E-state index in [4.69, 9.17) is 10.8 Å². The Bertz CT molecular complexity index is 687. The van der Waals surface area contributed by atoms with Gasteiger partial charge in [0.25, 0.3) is 0 Å². The number of nitrogen functional groups attached to an aromatic ring is 1. The lowest BCUT2D eigenvalue weighted by Crippen LogP contribution is -2.11. The van der Waals surface area contributed by atoms with Crippen LogP contribution in [-0.4, -0.2) is 27.2 Å². The van der Waals surface area contributed by atoms with E-state index in [2.05, 4.69) is 9.97 Å². The van der Waals surface area contributed by atoms with Crippen LogP contribution in [0.5, 0.6) is 0 Å². The van der Waals surface area contributed by atoms with Gasteiger partial charge >= 0.3 is 12.1 Å². The average molecular weight is 297 g/mol. The maximum atomic E-state index is 12.4. The van der Waals surface area contributed by atoms with Crippen molar-refractivity contribution in [3.63, 3.8) is 0 Å². The maximum Gasteiger partial charge on any atom is 0.393 e. The topological polar surface area (TPSA) is 89.1 Å².